The van der Waals surface area contributed by atoms with E-state index in [1.54, 1.807) is 6.92 Å². The van der Waals surface area contributed by atoms with Gasteiger partial charge in [-0.3, -0.25) is 0 Å². The number of hydrogen-bond acceptors (Lipinski definition) is 3. The zero-order valence-corrected chi connectivity index (χ0v) is 10.0. The van der Waals surface area contributed by atoms with E-state index < -0.39 is 12.2 Å². The van der Waals surface area contributed by atoms with Crippen molar-refractivity contribution in [1.29, 1.82) is 0 Å². The molecule has 15 heavy (non-hydrogen) atoms. The van der Waals surface area contributed by atoms with Gasteiger partial charge in [0.2, 0.25) is 0 Å². The number of pyridine rings is 1. The second-order valence-corrected chi connectivity index (χ2v) is 3.77. The molecule has 1 heterocycles. The number of aromatic nitrogens is 1. The number of rotatable bonds is 2. The average molecular weight is 333 g/mol. The van der Waals surface area contributed by atoms with Gasteiger partial charge < -0.3 is 9.47 Å². The standard InChI is InChI=1S/C8H7F3INO2/c1-4-5(12)3-6(14-2)7(13-4)15-8(9,10)11/h3H,1-2H3. The summed E-state index contributed by atoms with van der Waals surface area (Å²) < 4.78 is 45.1. The SMILES string of the molecule is COc1cc(I)c(C)nc1OC(F)(F)F. The fourth-order valence-corrected chi connectivity index (χ4v) is 1.27. The van der Waals surface area contributed by atoms with Gasteiger partial charge in [0.15, 0.2) is 5.75 Å². The van der Waals surface area contributed by atoms with Crippen molar-refractivity contribution in [2.75, 3.05) is 7.11 Å². The highest BCUT2D eigenvalue weighted by Gasteiger charge is 2.33. The monoisotopic (exact) mass is 333 g/mol. The topological polar surface area (TPSA) is 31.4 Å². The number of nitrogens with zero attached hydrogens (tertiary/aromatic N) is 1. The van der Waals surface area contributed by atoms with Crippen LogP contribution < -0.4 is 9.47 Å². The molecule has 1 aromatic heterocycles. The Morgan fingerprint density at radius 3 is 2.47 bits per heavy atom. The van der Waals surface area contributed by atoms with Crippen molar-refractivity contribution in [3.05, 3.63) is 15.3 Å². The van der Waals surface area contributed by atoms with Gasteiger partial charge in [-0.25, -0.2) is 4.98 Å². The molecule has 1 rings (SSSR count). The molecule has 0 spiro atoms. The molecule has 0 amide bonds. The van der Waals surface area contributed by atoms with Crippen molar-refractivity contribution < 1.29 is 22.6 Å². The van der Waals surface area contributed by atoms with Gasteiger partial charge >= 0.3 is 6.36 Å². The first-order chi connectivity index (χ1) is 6.83. The average Bonchev–Trinajstić information content (AvgIpc) is 2.08. The third-order valence-electron chi connectivity index (χ3n) is 1.52. The fraction of sp³-hybridized carbons (Fsp3) is 0.375. The van der Waals surface area contributed by atoms with Crippen molar-refractivity contribution in [3.8, 4) is 11.6 Å². The Hall–Kier alpha value is -0.730. The van der Waals surface area contributed by atoms with Crippen LogP contribution in [0.25, 0.3) is 0 Å². The van der Waals surface area contributed by atoms with Crippen LogP contribution in [0.3, 0.4) is 0 Å². The summed E-state index contributed by atoms with van der Waals surface area (Å²) in [5.41, 5.74) is 0.454. The molecule has 0 aliphatic rings. The van der Waals surface area contributed by atoms with E-state index in [1.165, 1.54) is 13.2 Å². The molecule has 3 nitrogen and oxygen atoms in total. The highest BCUT2D eigenvalue weighted by molar-refractivity contribution is 14.1. The van der Waals surface area contributed by atoms with E-state index in [-0.39, 0.29) is 5.75 Å². The molecule has 1 aromatic rings. The van der Waals surface area contributed by atoms with Gasteiger partial charge in [0.05, 0.1) is 12.8 Å². The van der Waals surface area contributed by atoms with Gasteiger partial charge in [0.1, 0.15) is 0 Å². The summed E-state index contributed by atoms with van der Waals surface area (Å²) >= 11 is 1.95. The Morgan fingerprint density at radius 2 is 2.00 bits per heavy atom. The Labute approximate surface area is 97.7 Å². The Kier molecular flexibility index (Phi) is 3.63. The van der Waals surface area contributed by atoms with Crippen molar-refractivity contribution in [3.63, 3.8) is 0 Å². The summed E-state index contributed by atoms with van der Waals surface area (Å²) in [5.74, 6) is -0.606. The molecule has 0 saturated carbocycles. The summed E-state index contributed by atoms with van der Waals surface area (Å²) in [6.45, 7) is 1.59. The first-order valence-electron chi connectivity index (χ1n) is 3.80. The number of aryl methyl sites for hydroxylation is 1. The summed E-state index contributed by atoms with van der Waals surface area (Å²) in [6, 6.07) is 1.43. The molecule has 84 valence electrons. The molecular formula is C8H7F3INO2. The number of halogens is 4. The van der Waals surface area contributed by atoms with Crippen molar-refractivity contribution in [2.45, 2.75) is 13.3 Å². The van der Waals surface area contributed by atoms with Crippen LogP contribution in [0.15, 0.2) is 6.07 Å². The maximum Gasteiger partial charge on any atom is 0.574 e. The summed E-state index contributed by atoms with van der Waals surface area (Å²) in [6.07, 6.45) is -4.76. The lowest BCUT2D eigenvalue weighted by Crippen LogP contribution is -2.18. The zero-order chi connectivity index (χ0) is 11.6. The number of hydrogen-bond donors (Lipinski definition) is 0. The lowest BCUT2D eigenvalue weighted by molar-refractivity contribution is -0.276. The van der Waals surface area contributed by atoms with Crippen LogP contribution in [0, 0.1) is 10.5 Å². The van der Waals surface area contributed by atoms with Crippen molar-refractivity contribution >= 4 is 22.6 Å². The minimum absolute atomic E-state index is 0.0395. The first-order valence-corrected chi connectivity index (χ1v) is 4.88. The summed E-state index contributed by atoms with van der Waals surface area (Å²) in [7, 11) is 1.26. The molecule has 0 aliphatic heterocycles. The van der Waals surface area contributed by atoms with E-state index in [2.05, 4.69) is 9.72 Å². The molecule has 0 atom stereocenters. The van der Waals surface area contributed by atoms with Gasteiger partial charge in [-0.2, -0.15) is 0 Å². The highest BCUT2D eigenvalue weighted by Crippen LogP contribution is 2.32. The molecule has 0 radical (unpaired) electrons. The molecule has 0 saturated heterocycles. The van der Waals surface area contributed by atoms with Crippen LogP contribution in [-0.4, -0.2) is 18.5 Å². The van der Waals surface area contributed by atoms with E-state index in [9.17, 15) is 13.2 Å². The summed E-state index contributed by atoms with van der Waals surface area (Å²) in [4.78, 5) is 3.65. The normalized spacial score (nSPS) is 11.3. The van der Waals surface area contributed by atoms with Crippen LogP contribution >= 0.6 is 22.6 Å². The van der Waals surface area contributed by atoms with Crippen LogP contribution in [0.5, 0.6) is 11.6 Å². The fourth-order valence-electron chi connectivity index (χ4n) is 0.871. The number of ether oxygens (including phenoxy) is 2. The first kappa shape index (κ1) is 12.3. The molecule has 7 heteroatoms. The molecule has 0 unspecified atom stereocenters. The minimum atomic E-state index is -4.76. The van der Waals surface area contributed by atoms with E-state index in [0.717, 1.165) is 0 Å². The van der Waals surface area contributed by atoms with Gasteiger partial charge in [-0.1, -0.05) is 0 Å². The van der Waals surface area contributed by atoms with E-state index >= 15 is 0 Å². The van der Waals surface area contributed by atoms with Crippen LogP contribution in [0.2, 0.25) is 0 Å². The Balaban J connectivity index is 3.11. The van der Waals surface area contributed by atoms with Crippen molar-refractivity contribution in [2.24, 2.45) is 0 Å². The zero-order valence-electron chi connectivity index (χ0n) is 7.85. The lowest BCUT2D eigenvalue weighted by Gasteiger charge is -2.12. The predicted molar refractivity (Wildman–Crippen MR) is 54.9 cm³/mol. The molecule has 0 N–H and O–H groups in total. The molecule has 0 aromatic carbocycles. The van der Waals surface area contributed by atoms with Gasteiger partial charge in [-0.15, -0.1) is 13.2 Å². The Bertz CT molecular complexity index is 368. The third-order valence-corrected chi connectivity index (χ3v) is 2.61. The second kappa shape index (κ2) is 4.42. The molecule has 0 fully saturated rings. The predicted octanol–water partition coefficient (Wildman–Crippen LogP) is 2.90. The largest absolute Gasteiger partial charge is 0.574 e. The molecular weight excluding hydrogens is 326 g/mol. The Morgan fingerprint density at radius 1 is 1.40 bits per heavy atom. The van der Waals surface area contributed by atoms with Gasteiger partial charge in [-0.05, 0) is 29.5 Å². The highest BCUT2D eigenvalue weighted by atomic mass is 127. The van der Waals surface area contributed by atoms with Gasteiger partial charge in [0.25, 0.3) is 5.88 Å². The van der Waals surface area contributed by atoms with Crippen LogP contribution in [0.1, 0.15) is 5.69 Å². The molecule has 0 bridgehead atoms. The van der Waals surface area contributed by atoms with E-state index in [1.807, 2.05) is 22.6 Å². The second-order valence-electron chi connectivity index (χ2n) is 2.61. The van der Waals surface area contributed by atoms with E-state index in [4.69, 9.17) is 4.74 Å². The minimum Gasteiger partial charge on any atom is -0.491 e. The quantitative estimate of drug-likeness (QED) is 0.780. The van der Waals surface area contributed by atoms with Crippen LogP contribution in [0.4, 0.5) is 13.2 Å². The van der Waals surface area contributed by atoms with Gasteiger partial charge in [0, 0.05) is 9.64 Å². The smallest absolute Gasteiger partial charge is 0.491 e. The number of alkyl halides is 3. The van der Waals surface area contributed by atoms with Crippen LogP contribution in [-0.2, 0) is 0 Å². The lowest BCUT2D eigenvalue weighted by atomic mass is 10.3. The maximum atomic E-state index is 12.0. The van der Waals surface area contributed by atoms with E-state index in [0.29, 0.717) is 9.26 Å². The number of methoxy groups -OCH3 is 1. The summed E-state index contributed by atoms with van der Waals surface area (Å²) in [5, 5.41) is 0. The molecule has 0 aliphatic carbocycles. The third kappa shape index (κ3) is 3.40. The maximum absolute atomic E-state index is 12.0. The van der Waals surface area contributed by atoms with Crippen molar-refractivity contribution in [1.82, 2.24) is 4.98 Å².